The molecule has 2 aliphatic rings. The van der Waals surface area contributed by atoms with Gasteiger partial charge in [0.1, 0.15) is 12.1 Å². The van der Waals surface area contributed by atoms with Gasteiger partial charge in [-0.2, -0.15) is 0 Å². The van der Waals surface area contributed by atoms with Crippen LogP contribution in [-0.4, -0.2) is 49.2 Å². The molecule has 0 bridgehead atoms. The van der Waals surface area contributed by atoms with Crippen molar-refractivity contribution in [2.45, 2.75) is 38.3 Å². The van der Waals surface area contributed by atoms with Crippen molar-refractivity contribution in [1.29, 1.82) is 0 Å². The third kappa shape index (κ3) is 2.29. The Hall–Kier alpha value is -1.10. The zero-order valence-corrected chi connectivity index (χ0v) is 10.3. The van der Waals surface area contributed by atoms with Gasteiger partial charge in [-0.1, -0.05) is 6.92 Å². The number of hydrogen-bond donors (Lipinski definition) is 0. The molecule has 2 heterocycles. The molecule has 0 spiro atoms. The number of likely N-dealkylation sites (tertiary alicyclic amines) is 1. The number of nitrogens with zero attached hydrogens (tertiary/aromatic N) is 1. The molecule has 2 aliphatic heterocycles. The predicted octanol–water partition coefficient (Wildman–Crippen LogP) is 0.575. The molecule has 0 aromatic rings. The first-order valence-corrected chi connectivity index (χ1v) is 6.15. The summed E-state index contributed by atoms with van der Waals surface area (Å²) >= 11 is 0. The van der Waals surface area contributed by atoms with Crippen molar-refractivity contribution in [2.75, 3.05) is 20.3 Å². The first kappa shape index (κ1) is 12.4. The minimum Gasteiger partial charge on any atom is -0.467 e. The lowest BCUT2D eigenvalue weighted by Crippen LogP contribution is -2.47. The largest absolute Gasteiger partial charge is 0.467 e. The van der Waals surface area contributed by atoms with E-state index in [1.165, 1.54) is 7.11 Å². The maximum Gasteiger partial charge on any atom is 0.328 e. The van der Waals surface area contributed by atoms with Gasteiger partial charge >= 0.3 is 5.97 Å². The van der Waals surface area contributed by atoms with E-state index in [1.807, 2.05) is 6.92 Å². The second-order valence-electron chi connectivity index (χ2n) is 4.77. The van der Waals surface area contributed by atoms with Crippen LogP contribution >= 0.6 is 0 Å². The number of amides is 1. The lowest BCUT2D eigenvalue weighted by Gasteiger charge is -2.26. The quantitative estimate of drug-likeness (QED) is 0.663. The third-order valence-electron chi connectivity index (χ3n) is 3.64. The average Bonchev–Trinajstić information content (AvgIpc) is 2.95. The van der Waals surface area contributed by atoms with Gasteiger partial charge in [-0.3, -0.25) is 4.79 Å². The number of methoxy groups -OCH3 is 1. The number of rotatable bonds is 2. The van der Waals surface area contributed by atoms with Gasteiger partial charge in [0, 0.05) is 13.2 Å². The summed E-state index contributed by atoms with van der Waals surface area (Å²) in [6.07, 6.45) is 2.08. The minimum atomic E-state index is -0.413. The van der Waals surface area contributed by atoms with Crippen LogP contribution in [0.4, 0.5) is 0 Å². The van der Waals surface area contributed by atoms with E-state index in [0.29, 0.717) is 19.6 Å². The summed E-state index contributed by atoms with van der Waals surface area (Å²) in [6.45, 7) is 3.28. The van der Waals surface area contributed by atoms with Crippen molar-refractivity contribution in [3.05, 3.63) is 0 Å². The molecule has 2 rings (SSSR count). The van der Waals surface area contributed by atoms with Crippen LogP contribution in [0.2, 0.25) is 0 Å². The average molecular weight is 241 g/mol. The predicted molar refractivity (Wildman–Crippen MR) is 60.3 cm³/mol. The van der Waals surface area contributed by atoms with E-state index in [4.69, 9.17) is 9.47 Å². The summed E-state index contributed by atoms with van der Waals surface area (Å²) in [5, 5.41) is 0. The molecule has 5 nitrogen and oxygen atoms in total. The van der Waals surface area contributed by atoms with E-state index in [1.54, 1.807) is 4.90 Å². The summed E-state index contributed by atoms with van der Waals surface area (Å²) in [4.78, 5) is 25.5. The fourth-order valence-corrected chi connectivity index (χ4v) is 2.59. The summed E-state index contributed by atoms with van der Waals surface area (Å²) in [7, 11) is 1.36. The Balaban J connectivity index is 2.05. The van der Waals surface area contributed by atoms with Crippen molar-refractivity contribution < 1.29 is 19.1 Å². The first-order chi connectivity index (χ1) is 8.15. The van der Waals surface area contributed by atoms with E-state index >= 15 is 0 Å². The Morgan fingerprint density at radius 3 is 2.71 bits per heavy atom. The van der Waals surface area contributed by atoms with Crippen molar-refractivity contribution >= 4 is 11.9 Å². The Labute approximate surface area is 101 Å². The van der Waals surface area contributed by atoms with E-state index in [0.717, 1.165) is 12.8 Å². The molecular weight excluding hydrogens is 222 g/mol. The standard InChI is InChI=1S/C12H19NO4/c1-8-5-7-17-10(8)11(14)13-6-3-4-9(13)12(15)16-2/h8-10H,3-7H2,1-2H3. The lowest BCUT2D eigenvalue weighted by molar-refractivity contribution is -0.155. The topological polar surface area (TPSA) is 55.8 Å². The SMILES string of the molecule is COC(=O)C1CCCN1C(=O)C1OCCC1C. The van der Waals surface area contributed by atoms with E-state index in [2.05, 4.69) is 0 Å². The molecule has 3 atom stereocenters. The highest BCUT2D eigenvalue weighted by Gasteiger charge is 2.41. The molecule has 96 valence electrons. The number of carbonyl (C=O) groups excluding carboxylic acids is 2. The number of carbonyl (C=O) groups is 2. The second-order valence-corrected chi connectivity index (χ2v) is 4.77. The Bertz CT molecular complexity index is 318. The van der Waals surface area contributed by atoms with Crippen LogP contribution < -0.4 is 0 Å². The van der Waals surface area contributed by atoms with Crippen LogP contribution in [0, 0.1) is 5.92 Å². The molecule has 0 aliphatic carbocycles. The third-order valence-corrected chi connectivity index (χ3v) is 3.64. The Morgan fingerprint density at radius 1 is 1.35 bits per heavy atom. The van der Waals surface area contributed by atoms with Gasteiger partial charge in [-0.05, 0) is 25.2 Å². The van der Waals surface area contributed by atoms with Crippen LogP contribution in [0.5, 0.6) is 0 Å². The molecule has 0 radical (unpaired) electrons. The molecule has 0 aromatic heterocycles. The van der Waals surface area contributed by atoms with Crippen molar-refractivity contribution in [1.82, 2.24) is 4.90 Å². The summed E-state index contributed by atoms with van der Waals surface area (Å²) in [6, 6.07) is -0.413. The van der Waals surface area contributed by atoms with E-state index in [9.17, 15) is 9.59 Å². The molecule has 17 heavy (non-hydrogen) atoms. The number of esters is 1. The highest BCUT2D eigenvalue weighted by molar-refractivity contribution is 5.87. The van der Waals surface area contributed by atoms with Crippen LogP contribution in [0.25, 0.3) is 0 Å². The molecular formula is C12H19NO4. The summed E-state index contributed by atoms with van der Waals surface area (Å²) in [5.74, 6) is -0.134. The lowest BCUT2D eigenvalue weighted by atomic mass is 10.0. The number of hydrogen-bond acceptors (Lipinski definition) is 4. The molecule has 1 amide bonds. The highest BCUT2D eigenvalue weighted by atomic mass is 16.5. The molecule has 0 saturated carbocycles. The van der Waals surface area contributed by atoms with Crippen LogP contribution in [0.1, 0.15) is 26.2 Å². The smallest absolute Gasteiger partial charge is 0.328 e. The van der Waals surface area contributed by atoms with E-state index < -0.39 is 6.04 Å². The Morgan fingerprint density at radius 2 is 2.12 bits per heavy atom. The zero-order valence-electron chi connectivity index (χ0n) is 10.3. The van der Waals surface area contributed by atoms with Crippen molar-refractivity contribution in [2.24, 2.45) is 5.92 Å². The molecule has 5 heteroatoms. The van der Waals surface area contributed by atoms with E-state index in [-0.39, 0.29) is 23.9 Å². The highest BCUT2D eigenvalue weighted by Crippen LogP contribution is 2.26. The first-order valence-electron chi connectivity index (χ1n) is 6.15. The van der Waals surface area contributed by atoms with Crippen LogP contribution in [0.15, 0.2) is 0 Å². The van der Waals surface area contributed by atoms with Gasteiger partial charge < -0.3 is 14.4 Å². The molecule has 2 fully saturated rings. The van der Waals surface area contributed by atoms with Gasteiger partial charge in [0.15, 0.2) is 0 Å². The summed E-state index contributed by atoms with van der Waals surface area (Å²) in [5.41, 5.74) is 0. The van der Waals surface area contributed by atoms with Crippen molar-refractivity contribution in [3.63, 3.8) is 0 Å². The molecule has 2 saturated heterocycles. The maximum atomic E-state index is 12.3. The summed E-state index contributed by atoms with van der Waals surface area (Å²) < 4.78 is 10.2. The van der Waals surface area contributed by atoms with Gasteiger partial charge in [0.05, 0.1) is 7.11 Å². The van der Waals surface area contributed by atoms with Crippen molar-refractivity contribution in [3.8, 4) is 0 Å². The van der Waals surface area contributed by atoms with Gasteiger partial charge in [-0.15, -0.1) is 0 Å². The molecule has 0 aromatic carbocycles. The second kappa shape index (κ2) is 5.04. The zero-order chi connectivity index (χ0) is 12.4. The number of ether oxygens (including phenoxy) is 2. The van der Waals surface area contributed by atoms with Gasteiger partial charge in [0.25, 0.3) is 5.91 Å². The maximum absolute atomic E-state index is 12.3. The van der Waals surface area contributed by atoms with Gasteiger partial charge in [-0.25, -0.2) is 4.79 Å². The monoisotopic (exact) mass is 241 g/mol. The normalized spacial score (nSPS) is 32.8. The minimum absolute atomic E-state index is 0.0529. The van der Waals surface area contributed by atoms with Crippen LogP contribution in [-0.2, 0) is 19.1 Å². The fraction of sp³-hybridized carbons (Fsp3) is 0.833. The van der Waals surface area contributed by atoms with Crippen LogP contribution in [0.3, 0.4) is 0 Å². The Kier molecular flexibility index (Phi) is 3.66. The molecule has 3 unspecified atom stereocenters. The van der Waals surface area contributed by atoms with Gasteiger partial charge in [0.2, 0.25) is 0 Å². The fourth-order valence-electron chi connectivity index (χ4n) is 2.59. The molecule has 0 N–H and O–H groups in total.